The van der Waals surface area contributed by atoms with Crippen LogP contribution in [0.4, 0.5) is 4.39 Å². The highest BCUT2D eigenvalue weighted by atomic mass is 19.1. The number of benzene rings is 3. The molecular weight excluding hydrogens is 497 g/mol. The average molecular weight is 532 g/mol. The van der Waals surface area contributed by atoms with Crippen molar-refractivity contribution in [2.45, 2.75) is 24.9 Å². The SMILES string of the molecule is COc1ccc([C@@H]2[C@H](C(=O)NCCCN3CCOCC3)c3ccccc3C(=O)N2Cc2ccc(F)cc2)cc1. The maximum Gasteiger partial charge on any atom is 0.255 e. The van der Waals surface area contributed by atoms with Gasteiger partial charge < -0.3 is 19.7 Å². The molecule has 2 aliphatic rings. The number of hydrogen-bond acceptors (Lipinski definition) is 5. The Bertz CT molecular complexity index is 1280. The van der Waals surface area contributed by atoms with Crippen LogP contribution in [-0.2, 0) is 16.1 Å². The minimum atomic E-state index is -0.615. The summed E-state index contributed by atoms with van der Waals surface area (Å²) in [7, 11) is 1.60. The second-order valence-electron chi connectivity index (χ2n) is 9.94. The summed E-state index contributed by atoms with van der Waals surface area (Å²) in [6, 6.07) is 20.4. The van der Waals surface area contributed by atoms with Gasteiger partial charge in [-0.3, -0.25) is 14.5 Å². The Morgan fingerprint density at radius 2 is 1.74 bits per heavy atom. The summed E-state index contributed by atoms with van der Waals surface area (Å²) in [5.74, 6) is -0.546. The van der Waals surface area contributed by atoms with Gasteiger partial charge in [0.2, 0.25) is 5.91 Å². The molecule has 0 unspecified atom stereocenters. The number of methoxy groups -OCH3 is 1. The number of carbonyl (C=O) groups excluding carboxylic acids is 2. The summed E-state index contributed by atoms with van der Waals surface area (Å²) in [6.07, 6.45) is 0.825. The maximum atomic E-state index is 13.9. The maximum absolute atomic E-state index is 13.9. The molecule has 2 amide bonds. The highest BCUT2D eigenvalue weighted by Crippen LogP contribution is 2.44. The van der Waals surface area contributed by atoms with Crippen LogP contribution in [0.3, 0.4) is 0 Å². The van der Waals surface area contributed by atoms with Crippen LogP contribution in [0, 0.1) is 5.82 Å². The largest absolute Gasteiger partial charge is 0.497 e. The third-order valence-corrected chi connectivity index (χ3v) is 7.50. The molecule has 1 N–H and O–H groups in total. The van der Waals surface area contributed by atoms with Gasteiger partial charge in [-0.15, -0.1) is 0 Å². The van der Waals surface area contributed by atoms with Crippen molar-refractivity contribution in [1.29, 1.82) is 0 Å². The number of ether oxygens (including phenoxy) is 2. The molecule has 0 aliphatic carbocycles. The first-order valence-electron chi connectivity index (χ1n) is 13.4. The van der Waals surface area contributed by atoms with Crippen LogP contribution in [0.5, 0.6) is 5.75 Å². The van der Waals surface area contributed by atoms with E-state index >= 15 is 0 Å². The Balaban J connectivity index is 1.45. The molecule has 3 aromatic carbocycles. The Kier molecular flexibility index (Phi) is 8.54. The molecule has 0 saturated carbocycles. The molecule has 8 heteroatoms. The molecule has 204 valence electrons. The lowest BCUT2D eigenvalue weighted by atomic mass is 9.79. The van der Waals surface area contributed by atoms with Crippen molar-refractivity contribution >= 4 is 11.8 Å². The molecule has 2 atom stereocenters. The van der Waals surface area contributed by atoms with E-state index in [9.17, 15) is 14.0 Å². The zero-order valence-electron chi connectivity index (χ0n) is 22.1. The molecule has 7 nitrogen and oxygen atoms in total. The smallest absolute Gasteiger partial charge is 0.255 e. The summed E-state index contributed by atoms with van der Waals surface area (Å²) in [6.45, 7) is 4.97. The monoisotopic (exact) mass is 531 g/mol. The topological polar surface area (TPSA) is 71.1 Å². The molecule has 39 heavy (non-hydrogen) atoms. The van der Waals surface area contributed by atoms with E-state index in [-0.39, 0.29) is 24.2 Å². The first-order valence-corrected chi connectivity index (χ1v) is 13.4. The summed E-state index contributed by atoms with van der Waals surface area (Å²) in [5, 5.41) is 3.15. The lowest BCUT2D eigenvalue weighted by Gasteiger charge is -2.42. The van der Waals surface area contributed by atoms with E-state index in [1.54, 1.807) is 30.2 Å². The van der Waals surface area contributed by atoms with Crippen LogP contribution in [0.15, 0.2) is 72.8 Å². The highest BCUT2D eigenvalue weighted by molar-refractivity contribution is 6.01. The first kappa shape index (κ1) is 26.8. The molecule has 0 aromatic heterocycles. The second-order valence-corrected chi connectivity index (χ2v) is 9.94. The average Bonchev–Trinajstić information content (AvgIpc) is 2.98. The van der Waals surface area contributed by atoms with Crippen molar-refractivity contribution in [3.8, 4) is 5.75 Å². The Morgan fingerprint density at radius 1 is 1.03 bits per heavy atom. The predicted octanol–water partition coefficient (Wildman–Crippen LogP) is 4.15. The van der Waals surface area contributed by atoms with E-state index in [0.29, 0.717) is 23.4 Å². The molecule has 0 bridgehead atoms. The number of nitrogens with one attached hydrogen (secondary N) is 1. The number of amides is 2. The van der Waals surface area contributed by atoms with Gasteiger partial charge in [0.1, 0.15) is 11.6 Å². The van der Waals surface area contributed by atoms with E-state index in [4.69, 9.17) is 9.47 Å². The molecule has 1 fully saturated rings. The van der Waals surface area contributed by atoms with E-state index in [1.165, 1.54) is 12.1 Å². The number of fused-ring (bicyclic) bond motifs is 1. The Morgan fingerprint density at radius 3 is 2.46 bits per heavy atom. The molecule has 1 saturated heterocycles. The van der Waals surface area contributed by atoms with Gasteiger partial charge in [0, 0.05) is 31.7 Å². The Labute approximate surface area is 228 Å². The Hall–Kier alpha value is -3.75. The normalized spacial score (nSPS) is 19.4. The molecule has 3 aromatic rings. The molecule has 2 aliphatic heterocycles. The van der Waals surface area contributed by atoms with Crippen molar-refractivity contribution < 1.29 is 23.5 Å². The van der Waals surface area contributed by atoms with E-state index in [2.05, 4.69) is 10.2 Å². The van der Waals surface area contributed by atoms with Crippen molar-refractivity contribution in [1.82, 2.24) is 15.1 Å². The van der Waals surface area contributed by atoms with Gasteiger partial charge in [0.15, 0.2) is 0 Å². The standard InChI is InChI=1S/C31H34FN3O4/c1-38-25-13-9-23(10-14-25)29-28(30(36)33-15-4-16-34-17-19-39-20-18-34)26-5-2-3-6-27(26)31(37)35(29)21-22-7-11-24(32)12-8-22/h2-3,5-14,28-29H,4,15-21H2,1H3,(H,33,36)/t28-,29-/m1/s1. The van der Waals surface area contributed by atoms with E-state index in [0.717, 1.165) is 50.4 Å². The number of hydrogen-bond donors (Lipinski definition) is 1. The molecular formula is C31H34FN3O4. The van der Waals surface area contributed by atoms with Crippen LogP contribution >= 0.6 is 0 Å². The predicted molar refractivity (Wildman–Crippen MR) is 146 cm³/mol. The quantitative estimate of drug-likeness (QED) is 0.420. The van der Waals surface area contributed by atoms with Crippen LogP contribution in [0.1, 0.15) is 45.4 Å². The number of carbonyl (C=O) groups is 2. The van der Waals surface area contributed by atoms with Crippen molar-refractivity contribution in [2.75, 3.05) is 46.5 Å². The summed E-state index contributed by atoms with van der Waals surface area (Å²) in [5.41, 5.74) is 2.84. The minimum absolute atomic E-state index is 0.123. The van der Waals surface area contributed by atoms with Crippen molar-refractivity contribution in [3.05, 3.63) is 101 Å². The third-order valence-electron chi connectivity index (χ3n) is 7.50. The zero-order valence-corrected chi connectivity index (χ0v) is 22.1. The highest BCUT2D eigenvalue weighted by Gasteiger charge is 2.44. The zero-order chi connectivity index (χ0) is 27.2. The first-order chi connectivity index (χ1) is 19.0. The van der Waals surface area contributed by atoms with Crippen LogP contribution in [0.25, 0.3) is 0 Å². The molecule has 2 heterocycles. The van der Waals surface area contributed by atoms with Crippen molar-refractivity contribution in [3.63, 3.8) is 0 Å². The second kappa shape index (κ2) is 12.4. The number of halogens is 1. The summed E-state index contributed by atoms with van der Waals surface area (Å²) >= 11 is 0. The van der Waals surface area contributed by atoms with Crippen LogP contribution in [0.2, 0.25) is 0 Å². The lowest BCUT2D eigenvalue weighted by Crippen LogP contribution is -2.47. The summed E-state index contributed by atoms with van der Waals surface area (Å²) < 4.78 is 24.4. The van der Waals surface area contributed by atoms with Gasteiger partial charge in [-0.2, -0.15) is 0 Å². The van der Waals surface area contributed by atoms with Gasteiger partial charge in [-0.1, -0.05) is 42.5 Å². The van der Waals surface area contributed by atoms with Gasteiger partial charge >= 0.3 is 0 Å². The van der Waals surface area contributed by atoms with E-state index < -0.39 is 12.0 Å². The number of morpholine rings is 1. The summed E-state index contributed by atoms with van der Waals surface area (Å²) in [4.78, 5) is 31.9. The van der Waals surface area contributed by atoms with Gasteiger partial charge in [-0.05, 0) is 60.0 Å². The fourth-order valence-corrected chi connectivity index (χ4v) is 5.46. The fourth-order valence-electron chi connectivity index (χ4n) is 5.46. The minimum Gasteiger partial charge on any atom is -0.497 e. The van der Waals surface area contributed by atoms with Crippen LogP contribution < -0.4 is 10.1 Å². The molecule has 0 spiro atoms. The third kappa shape index (κ3) is 6.13. The van der Waals surface area contributed by atoms with Gasteiger partial charge in [0.25, 0.3) is 5.91 Å². The van der Waals surface area contributed by atoms with Gasteiger partial charge in [-0.25, -0.2) is 4.39 Å². The molecule has 0 radical (unpaired) electrons. The van der Waals surface area contributed by atoms with Crippen LogP contribution in [-0.4, -0.2) is 68.1 Å². The number of rotatable bonds is 9. The van der Waals surface area contributed by atoms with Crippen molar-refractivity contribution in [2.24, 2.45) is 0 Å². The fraction of sp³-hybridized carbons (Fsp3) is 0.355. The van der Waals surface area contributed by atoms with E-state index in [1.807, 2.05) is 42.5 Å². The lowest BCUT2D eigenvalue weighted by molar-refractivity contribution is -0.124. The van der Waals surface area contributed by atoms with Gasteiger partial charge in [0.05, 0.1) is 32.3 Å². The number of nitrogens with zero attached hydrogens (tertiary/aromatic N) is 2. The molecule has 5 rings (SSSR count).